The third-order valence-electron chi connectivity index (χ3n) is 3.17. The van der Waals surface area contributed by atoms with Crippen LogP contribution >= 0.6 is 11.6 Å². The summed E-state index contributed by atoms with van der Waals surface area (Å²) in [5.41, 5.74) is 0.238. The topological polar surface area (TPSA) is 83.5 Å². The molecule has 2 N–H and O–H groups in total. The monoisotopic (exact) mass is 304 g/mol. The quantitative estimate of drug-likeness (QED) is 0.776. The number of aromatic nitrogens is 4. The van der Waals surface area contributed by atoms with Gasteiger partial charge in [0.2, 0.25) is 0 Å². The maximum Gasteiger partial charge on any atom is 0.334 e. The van der Waals surface area contributed by atoms with Crippen LogP contribution in [0.5, 0.6) is 0 Å². The zero-order chi connectivity index (χ0) is 15.0. The third kappa shape index (κ3) is 2.38. The van der Waals surface area contributed by atoms with E-state index in [4.69, 9.17) is 11.6 Å². The molecule has 0 amide bonds. The Labute approximate surface area is 124 Å². The van der Waals surface area contributed by atoms with Crippen molar-refractivity contribution in [3.05, 3.63) is 56.0 Å². The molecule has 0 saturated heterocycles. The normalized spacial score (nSPS) is 11.1. The maximum absolute atomic E-state index is 12.1. The highest BCUT2D eigenvalue weighted by molar-refractivity contribution is 6.30. The van der Waals surface area contributed by atoms with Crippen molar-refractivity contribution in [1.29, 1.82) is 0 Å². The van der Waals surface area contributed by atoms with Crippen molar-refractivity contribution >= 4 is 22.8 Å². The standard InChI is InChI=1S/C14H13ClN4O2/c1-2-3-10-16-11-12(17-10)19(14(21)18-13(11)20)9-6-4-8(15)5-7-9/h4-7H,2-3H2,1H3,(H,16,17)(H,18,20,21). The highest BCUT2D eigenvalue weighted by Gasteiger charge is 2.13. The van der Waals surface area contributed by atoms with Crippen LogP contribution in [0.1, 0.15) is 19.2 Å². The number of nitrogens with zero attached hydrogens (tertiary/aromatic N) is 2. The van der Waals surface area contributed by atoms with E-state index in [1.54, 1.807) is 24.3 Å². The van der Waals surface area contributed by atoms with Crippen molar-refractivity contribution in [2.45, 2.75) is 19.8 Å². The molecule has 21 heavy (non-hydrogen) atoms. The first-order valence-electron chi connectivity index (χ1n) is 6.60. The molecule has 0 saturated carbocycles. The van der Waals surface area contributed by atoms with Crippen LogP contribution in [0.4, 0.5) is 0 Å². The molecular formula is C14H13ClN4O2. The largest absolute Gasteiger partial charge is 0.336 e. The van der Waals surface area contributed by atoms with Gasteiger partial charge in [0.15, 0.2) is 5.65 Å². The van der Waals surface area contributed by atoms with E-state index >= 15 is 0 Å². The minimum absolute atomic E-state index is 0.299. The summed E-state index contributed by atoms with van der Waals surface area (Å²) in [4.78, 5) is 33.7. The molecule has 0 radical (unpaired) electrons. The number of aryl methyl sites for hydroxylation is 1. The van der Waals surface area contributed by atoms with Gasteiger partial charge in [0.1, 0.15) is 11.3 Å². The average molecular weight is 305 g/mol. The van der Waals surface area contributed by atoms with Crippen molar-refractivity contribution in [2.75, 3.05) is 0 Å². The second-order valence-corrected chi connectivity index (χ2v) is 5.14. The summed E-state index contributed by atoms with van der Waals surface area (Å²) in [7, 11) is 0. The molecule has 0 unspecified atom stereocenters. The fourth-order valence-electron chi connectivity index (χ4n) is 2.23. The first kappa shape index (κ1) is 13.6. The van der Waals surface area contributed by atoms with Gasteiger partial charge in [-0.05, 0) is 30.7 Å². The van der Waals surface area contributed by atoms with Crippen molar-refractivity contribution in [3.8, 4) is 5.69 Å². The molecule has 3 rings (SSSR count). The van der Waals surface area contributed by atoms with Gasteiger partial charge in [-0.3, -0.25) is 9.78 Å². The summed E-state index contributed by atoms with van der Waals surface area (Å²) in [6.45, 7) is 2.02. The first-order valence-corrected chi connectivity index (χ1v) is 6.98. The van der Waals surface area contributed by atoms with Gasteiger partial charge in [-0.2, -0.15) is 0 Å². The summed E-state index contributed by atoms with van der Waals surface area (Å²) in [5.74, 6) is 0.686. The fraction of sp³-hybridized carbons (Fsp3) is 0.214. The van der Waals surface area contributed by atoms with Gasteiger partial charge in [-0.1, -0.05) is 18.5 Å². The maximum atomic E-state index is 12.1. The van der Waals surface area contributed by atoms with Crippen molar-refractivity contribution in [3.63, 3.8) is 0 Å². The van der Waals surface area contributed by atoms with Crippen LogP contribution in [0.2, 0.25) is 5.02 Å². The van der Waals surface area contributed by atoms with E-state index in [-0.39, 0.29) is 0 Å². The summed E-state index contributed by atoms with van der Waals surface area (Å²) in [5, 5.41) is 0.571. The molecule has 2 heterocycles. The number of rotatable bonds is 3. The lowest BCUT2D eigenvalue weighted by Gasteiger charge is -2.05. The minimum Gasteiger partial charge on any atom is -0.336 e. The van der Waals surface area contributed by atoms with E-state index in [0.29, 0.717) is 34.1 Å². The Hall–Kier alpha value is -2.34. The molecule has 0 aliphatic carbocycles. The minimum atomic E-state index is -0.524. The van der Waals surface area contributed by atoms with Crippen molar-refractivity contribution < 1.29 is 0 Å². The van der Waals surface area contributed by atoms with Crippen LogP contribution in [0, 0.1) is 0 Å². The van der Waals surface area contributed by atoms with Crippen LogP contribution in [-0.2, 0) is 6.42 Å². The number of hydrogen-bond acceptors (Lipinski definition) is 3. The number of aromatic amines is 2. The van der Waals surface area contributed by atoms with Gasteiger partial charge in [0.25, 0.3) is 5.56 Å². The smallest absolute Gasteiger partial charge is 0.334 e. The number of halogens is 1. The predicted octanol–water partition coefficient (Wildman–Crippen LogP) is 2.01. The molecule has 0 bridgehead atoms. The summed E-state index contributed by atoms with van der Waals surface area (Å²) in [6.07, 6.45) is 1.60. The van der Waals surface area contributed by atoms with Gasteiger partial charge in [0.05, 0.1) is 5.69 Å². The Bertz CT molecular complexity index is 905. The number of fused-ring (bicyclic) bond motifs is 1. The zero-order valence-corrected chi connectivity index (χ0v) is 12.1. The third-order valence-corrected chi connectivity index (χ3v) is 3.42. The van der Waals surface area contributed by atoms with E-state index in [2.05, 4.69) is 15.0 Å². The lowest BCUT2D eigenvalue weighted by atomic mass is 10.3. The Balaban J connectivity index is 2.33. The lowest BCUT2D eigenvalue weighted by molar-refractivity contribution is 0.857. The number of H-pyrrole nitrogens is 2. The first-order chi connectivity index (χ1) is 10.1. The van der Waals surface area contributed by atoms with Gasteiger partial charge >= 0.3 is 5.69 Å². The lowest BCUT2D eigenvalue weighted by Crippen LogP contribution is -2.29. The second kappa shape index (κ2) is 5.21. The molecular weight excluding hydrogens is 292 g/mol. The molecule has 7 heteroatoms. The van der Waals surface area contributed by atoms with Crippen LogP contribution in [0.3, 0.4) is 0 Å². The molecule has 0 spiro atoms. The number of hydrogen-bond donors (Lipinski definition) is 2. The summed E-state index contributed by atoms with van der Waals surface area (Å²) in [6, 6.07) is 6.77. The van der Waals surface area contributed by atoms with E-state index in [0.717, 1.165) is 6.42 Å². The fourth-order valence-corrected chi connectivity index (χ4v) is 2.35. The SMILES string of the molecule is CCCc1nc2c([nH]1)c(=O)[nH]c(=O)n2-c1ccc(Cl)cc1. The highest BCUT2D eigenvalue weighted by Crippen LogP contribution is 2.15. The molecule has 1 aromatic carbocycles. The molecule has 108 valence electrons. The van der Waals surface area contributed by atoms with Crippen molar-refractivity contribution in [1.82, 2.24) is 19.5 Å². The van der Waals surface area contributed by atoms with E-state index < -0.39 is 11.2 Å². The van der Waals surface area contributed by atoms with Crippen LogP contribution in [-0.4, -0.2) is 19.5 Å². The number of nitrogens with one attached hydrogen (secondary N) is 2. The van der Waals surface area contributed by atoms with Crippen LogP contribution in [0.25, 0.3) is 16.9 Å². The molecule has 2 aromatic heterocycles. The molecule has 0 aliphatic rings. The number of benzene rings is 1. The van der Waals surface area contributed by atoms with E-state index in [9.17, 15) is 9.59 Å². The average Bonchev–Trinajstić information content (AvgIpc) is 2.85. The summed E-state index contributed by atoms with van der Waals surface area (Å²) < 4.78 is 1.36. The Morgan fingerprint density at radius 3 is 2.57 bits per heavy atom. The summed E-state index contributed by atoms with van der Waals surface area (Å²) >= 11 is 5.86. The molecule has 3 aromatic rings. The molecule has 6 nitrogen and oxygen atoms in total. The van der Waals surface area contributed by atoms with Crippen molar-refractivity contribution in [2.24, 2.45) is 0 Å². The van der Waals surface area contributed by atoms with Crippen LogP contribution < -0.4 is 11.2 Å². The highest BCUT2D eigenvalue weighted by atomic mass is 35.5. The van der Waals surface area contributed by atoms with Crippen LogP contribution in [0.15, 0.2) is 33.9 Å². The molecule has 0 aliphatic heterocycles. The molecule has 0 fully saturated rings. The van der Waals surface area contributed by atoms with E-state index in [1.165, 1.54) is 4.57 Å². The molecule has 0 atom stereocenters. The Kier molecular flexibility index (Phi) is 3.39. The predicted molar refractivity (Wildman–Crippen MR) is 81.3 cm³/mol. The van der Waals surface area contributed by atoms with E-state index in [1.807, 2.05) is 6.92 Å². The number of imidazole rings is 1. The Morgan fingerprint density at radius 2 is 1.90 bits per heavy atom. The van der Waals surface area contributed by atoms with Gasteiger partial charge in [-0.15, -0.1) is 0 Å². The van der Waals surface area contributed by atoms with Gasteiger partial charge in [-0.25, -0.2) is 14.3 Å². The zero-order valence-electron chi connectivity index (χ0n) is 11.3. The second-order valence-electron chi connectivity index (χ2n) is 4.70. The van der Waals surface area contributed by atoms with Gasteiger partial charge < -0.3 is 4.98 Å². The van der Waals surface area contributed by atoms with Gasteiger partial charge in [0, 0.05) is 11.4 Å². The Morgan fingerprint density at radius 1 is 1.19 bits per heavy atom.